The van der Waals surface area contributed by atoms with E-state index in [0.717, 1.165) is 0 Å². The topological polar surface area (TPSA) is 81.1 Å². The molecule has 0 aliphatic heterocycles. The number of nitriles is 1. The highest BCUT2D eigenvalue weighted by Crippen LogP contribution is 2.11. The Bertz CT molecular complexity index is 619. The minimum atomic E-state index is -0.490. The molecule has 18 heavy (non-hydrogen) atoms. The summed E-state index contributed by atoms with van der Waals surface area (Å²) in [5, 5.41) is 12.2. The van der Waals surface area contributed by atoms with E-state index in [9.17, 15) is 4.79 Å². The van der Waals surface area contributed by atoms with Crippen molar-refractivity contribution in [3.05, 3.63) is 46.2 Å². The lowest BCUT2D eigenvalue weighted by Gasteiger charge is -2.06. The summed E-state index contributed by atoms with van der Waals surface area (Å²) in [5.74, 6) is 0.676. The lowest BCUT2D eigenvalue weighted by Crippen LogP contribution is -2.19. The second kappa shape index (κ2) is 5.19. The second-order valence-electron chi connectivity index (χ2n) is 3.63. The number of hydrogen-bond acceptors (Lipinski definition) is 5. The fraction of sp³-hybridized carbons (Fsp3) is 0.250. The molecule has 6 nitrogen and oxygen atoms in total. The predicted molar refractivity (Wildman–Crippen MR) is 62.2 cm³/mol. The zero-order valence-corrected chi connectivity index (χ0v) is 9.79. The summed E-state index contributed by atoms with van der Waals surface area (Å²) in [6, 6.07) is 8.79. The molecule has 2 rings (SSSR count). The molecule has 1 heterocycles. The van der Waals surface area contributed by atoms with Gasteiger partial charge >= 0.3 is 5.76 Å². The monoisotopic (exact) mass is 245 g/mol. The third kappa shape index (κ3) is 2.58. The number of aromatic nitrogens is 2. The zero-order valence-electron chi connectivity index (χ0n) is 9.79. The first-order valence-electron chi connectivity index (χ1n) is 5.37. The van der Waals surface area contributed by atoms with Crippen LogP contribution in [-0.2, 0) is 6.54 Å². The number of hydrogen-bond donors (Lipinski definition) is 0. The second-order valence-corrected chi connectivity index (χ2v) is 3.63. The molecule has 0 aliphatic carbocycles. The third-order valence-corrected chi connectivity index (χ3v) is 2.43. The minimum absolute atomic E-state index is 0.327. The molecular formula is C12H11N3O3. The molecule has 0 bridgehead atoms. The summed E-state index contributed by atoms with van der Waals surface area (Å²) in [5.41, 5.74) is 0.577. The first-order valence-corrected chi connectivity index (χ1v) is 5.37. The van der Waals surface area contributed by atoms with Gasteiger partial charge in [0.25, 0.3) is 0 Å². The molecule has 0 saturated carbocycles. The van der Waals surface area contributed by atoms with Gasteiger partial charge in [0.2, 0.25) is 0 Å². The standard InChI is InChI=1S/C12H11N3O3/c1-9-14-18-12(16)15(9)6-7-17-11-4-2-10(8-13)3-5-11/h2-5H,6-7H2,1H3. The Hall–Kier alpha value is -2.55. The summed E-state index contributed by atoms with van der Waals surface area (Å²) in [6.07, 6.45) is 0. The van der Waals surface area contributed by atoms with E-state index >= 15 is 0 Å². The van der Waals surface area contributed by atoms with Gasteiger partial charge in [-0.05, 0) is 31.2 Å². The van der Waals surface area contributed by atoms with Crippen LogP contribution in [0.25, 0.3) is 0 Å². The number of rotatable bonds is 4. The van der Waals surface area contributed by atoms with E-state index in [1.165, 1.54) is 4.57 Å². The molecule has 0 radical (unpaired) electrons. The Morgan fingerprint density at radius 2 is 2.17 bits per heavy atom. The first-order chi connectivity index (χ1) is 8.70. The Kier molecular flexibility index (Phi) is 3.44. The van der Waals surface area contributed by atoms with E-state index in [4.69, 9.17) is 10.00 Å². The molecule has 0 N–H and O–H groups in total. The molecular weight excluding hydrogens is 234 g/mol. The lowest BCUT2D eigenvalue weighted by molar-refractivity contribution is 0.289. The van der Waals surface area contributed by atoms with Crippen molar-refractivity contribution in [2.24, 2.45) is 0 Å². The Morgan fingerprint density at radius 1 is 1.44 bits per heavy atom. The van der Waals surface area contributed by atoms with Crippen molar-refractivity contribution < 1.29 is 9.26 Å². The van der Waals surface area contributed by atoms with Gasteiger partial charge in [0.1, 0.15) is 12.4 Å². The minimum Gasteiger partial charge on any atom is -0.492 e. The van der Waals surface area contributed by atoms with Gasteiger partial charge in [-0.25, -0.2) is 4.79 Å². The van der Waals surface area contributed by atoms with Crippen LogP contribution in [0.2, 0.25) is 0 Å². The average molecular weight is 245 g/mol. The van der Waals surface area contributed by atoms with E-state index < -0.39 is 5.76 Å². The molecule has 0 unspecified atom stereocenters. The highest BCUT2D eigenvalue weighted by atomic mass is 16.5. The summed E-state index contributed by atoms with van der Waals surface area (Å²) in [4.78, 5) is 11.2. The molecule has 0 fully saturated rings. The molecule has 6 heteroatoms. The fourth-order valence-electron chi connectivity index (χ4n) is 1.47. The molecule has 0 saturated heterocycles. The van der Waals surface area contributed by atoms with Gasteiger partial charge in [-0.2, -0.15) is 5.26 Å². The molecule has 0 spiro atoms. The van der Waals surface area contributed by atoms with Crippen LogP contribution < -0.4 is 10.5 Å². The van der Waals surface area contributed by atoms with Gasteiger partial charge in [0, 0.05) is 0 Å². The number of ether oxygens (including phenoxy) is 1. The Labute approximate surface area is 103 Å². The van der Waals surface area contributed by atoms with Crippen LogP contribution >= 0.6 is 0 Å². The van der Waals surface area contributed by atoms with Gasteiger partial charge in [-0.1, -0.05) is 5.16 Å². The van der Waals surface area contributed by atoms with Crippen molar-refractivity contribution in [1.82, 2.24) is 9.72 Å². The zero-order chi connectivity index (χ0) is 13.0. The van der Waals surface area contributed by atoms with Crippen LogP contribution in [0, 0.1) is 18.3 Å². The summed E-state index contributed by atoms with van der Waals surface area (Å²) >= 11 is 0. The largest absolute Gasteiger partial charge is 0.492 e. The van der Waals surface area contributed by atoms with Gasteiger partial charge in [0.05, 0.1) is 18.2 Å². The molecule has 1 aromatic carbocycles. The van der Waals surface area contributed by atoms with E-state index in [-0.39, 0.29) is 0 Å². The highest BCUT2D eigenvalue weighted by molar-refractivity contribution is 5.34. The van der Waals surface area contributed by atoms with Gasteiger partial charge in [-0.3, -0.25) is 9.09 Å². The molecule has 2 aromatic rings. The number of aryl methyl sites for hydroxylation is 1. The Morgan fingerprint density at radius 3 is 2.72 bits per heavy atom. The number of benzene rings is 1. The van der Waals surface area contributed by atoms with Crippen LogP contribution in [0.4, 0.5) is 0 Å². The molecule has 0 amide bonds. The van der Waals surface area contributed by atoms with Crippen molar-refractivity contribution in [3.63, 3.8) is 0 Å². The van der Waals surface area contributed by atoms with E-state index in [1.54, 1.807) is 31.2 Å². The van der Waals surface area contributed by atoms with Crippen LogP contribution in [0.3, 0.4) is 0 Å². The summed E-state index contributed by atoms with van der Waals surface area (Å²) < 4.78 is 11.3. The lowest BCUT2D eigenvalue weighted by atomic mass is 10.2. The molecule has 0 atom stereocenters. The SMILES string of the molecule is Cc1noc(=O)n1CCOc1ccc(C#N)cc1. The maximum Gasteiger partial charge on any atom is 0.441 e. The normalized spacial score (nSPS) is 10.0. The summed E-state index contributed by atoms with van der Waals surface area (Å²) in [7, 11) is 0. The first kappa shape index (κ1) is 11.9. The van der Waals surface area contributed by atoms with Gasteiger partial charge in [-0.15, -0.1) is 0 Å². The van der Waals surface area contributed by atoms with Crippen LogP contribution in [0.5, 0.6) is 5.75 Å². The average Bonchev–Trinajstić information content (AvgIpc) is 2.71. The van der Waals surface area contributed by atoms with E-state index in [1.807, 2.05) is 6.07 Å². The van der Waals surface area contributed by atoms with Crippen molar-refractivity contribution in [1.29, 1.82) is 5.26 Å². The van der Waals surface area contributed by atoms with E-state index in [0.29, 0.717) is 30.3 Å². The quantitative estimate of drug-likeness (QED) is 0.805. The van der Waals surface area contributed by atoms with Crippen molar-refractivity contribution in [2.75, 3.05) is 6.61 Å². The van der Waals surface area contributed by atoms with Crippen molar-refractivity contribution >= 4 is 0 Å². The molecule has 1 aromatic heterocycles. The van der Waals surface area contributed by atoms with Gasteiger partial charge < -0.3 is 4.74 Å². The van der Waals surface area contributed by atoms with Gasteiger partial charge in [0.15, 0.2) is 5.82 Å². The highest BCUT2D eigenvalue weighted by Gasteiger charge is 2.05. The van der Waals surface area contributed by atoms with Crippen molar-refractivity contribution in [3.8, 4) is 11.8 Å². The van der Waals surface area contributed by atoms with Crippen LogP contribution in [-0.4, -0.2) is 16.3 Å². The number of nitrogens with zero attached hydrogens (tertiary/aromatic N) is 3. The fourth-order valence-corrected chi connectivity index (χ4v) is 1.47. The maximum absolute atomic E-state index is 11.2. The Balaban J connectivity index is 1.93. The maximum atomic E-state index is 11.2. The summed E-state index contributed by atoms with van der Waals surface area (Å²) in [6.45, 7) is 2.38. The van der Waals surface area contributed by atoms with Crippen LogP contribution in [0.1, 0.15) is 11.4 Å². The predicted octanol–water partition coefficient (Wildman–Crippen LogP) is 1.10. The molecule has 0 aliphatic rings. The third-order valence-electron chi connectivity index (χ3n) is 2.43. The smallest absolute Gasteiger partial charge is 0.441 e. The molecule has 92 valence electrons. The van der Waals surface area contributed by atoms with Crippen LogP contribution in [0.15, 0.2) is 33.6 Å². The van der Waals surface area contributed by atoms with Crippen molar-refractivity contribution in [2.45, 2.75) is 13.5 Å². The van der Waals surface area contributed by atoms with E-state index in [2.05, 4.69) is 9.68 Å².